The van der Waals surface area contributed by atoms with E-state index < -0.39 is 0 Å². The second-order valence-electron chi connectivity index (χ2n) is 5.12. The highest BCUT2D eigenvalue weighted by atomic mass is 35.5. The van der Waals surface area contributed by atoms with Gasteiger partial charge in [-0.15, -0.1) is 0 Å². The SMILES string of the molecule is O=C(Nc1cccc(Cl)c1)N1CCN(c2ccncc2)CC1. The van der Waals surface area contributed by atoms with E-state index in [0.29, 0.717) is 23.8 Å². The molecule has 2 heterocycles. The minimum atomic E-state index is -0.0864. The fourth-order valence-corrected chi connectivity index (χ4v) is 2.68. The number of anilines is 2. The molecule has 6 heteroatoms. The van der Waals surface area contributed by atoms with Gasteiger partial charge in [-0.2, -0.15) is 0 Å². The number of hydrogen-bond acceptors (Lipinski definition) is 3. The van der Waals surface area contributed by atoms with Crippen molar-refractivity contribution >= 4 is 29.0 Å². The van der Waals surface area contributed by atoms with Crippen molar-refractivity contribution in [3.05, 3.63) is 53.8 Å². The number of carbonyl (C=O) groups is 1. The lowest BCUT2D eigenvalue weighted by atomic mass is 10.2. The Labute approximate surface area is 134 Å². The van der Waals surface area contributed by atoms with Crippen LogP contribution in [0.5, 0.6) is 0 Å². The Kier molecular flexibility index (Phi) is 4.44. The Morgan fingerprint density at radius 1 is 1.09 bits per heavy atom. The number of piperazine rings is 1. The van der Waals surface area contributed by atoms with Gasteiger partial charge < -0.3 is 15.1 Å². The van der Waals surface area contributed by atoms with Gasteiger partial charge in [-0.1, -0.05) is 17.7 Å². The van der Waals surface area contributed by atoms with Gasteiger partial charge in [0.05, 0.1) is 0 Å². The third kappa shape index (κ3) is 3.49. The number of benzene rings is 1. The highest BCUT2D eigenvalue weighted by Gasteiger charge is 2.21. The van der Waals surface area contributed by atoms with Crippen molar-refractivity contribution < 1.29 is 4.79 Å². The number of nitrogens with zero attached hydrogens (tertiary/aromatic N) is 3. The molecule has 114 valence electrons. The number of halogens is 1. The van der Waals surface area contributed by atoms with Crippen molar-refractivity contribution in [3.8, 4) is 0 Å². The van der Waals surface area contributed by atoms with Crippen molar-refractivity contribution in [1.82, 2.24) is 9.88 Å². The van der Waals surface area contributed by atoms with Gasteiger partial charge in [0.2, 0.25) is 0 Å². The molecule has 3 rings (SSSR count). The summed E-state index contributed by atoms with van der Waals surface area (Å²) < 4.78 is 0. The van der Waals surface area contributed by atoms with E-state index in [0.717, 1.165) is 18.8 Å². The van der Waals surface area contributed by atoms with Crippen LogP contribution in [0.25, 0.3) is 0 Å². The Hall–Kier alpha value is -2.27. The largest absolute Gasteiger partial charge is 0.368 e. The van der Waals surface area contributed by atoms with Crippen molar-refractivity contribution in [2.45, 2.75) is 0 Å². The summed E-state index contributed by atoms with van der Waals surface area (Å²) in [6, 6.07) is 11.1. The van der Waals surface area contributed by atoms with Gasteiger partial charge in [0.25, 0.3) is 0 Å². The number of amides is 2. The van der Waals surface area contributed by atoms with Crippen LogP contribution in [0.1, 0.15) is 0 Å². The molecular formula is C16H17ClN4O. The Morgan fingerprint density at radius 2 is 1.82 bits per heavy atom. The maximum atomic E-state index is 12.3. The first-order chi connectivity index (χ1) is 10.7. The monoisotopic (exact) mass is 316 g/mol. The number of rotatable bonds is 2. The molecular weight excluding hydrogens is 300 g/mol. The van der Waals surface area contributed by atoms with E-state index in [2.05, 4.69) is 15.2 Å². The molecule has 0 saturated carbocycles. The fraction of sp³-hybridized carbons (Fsp3) is 0.250. The van der Waals surface area contributed by atoms with Gasteiger partial charge >= 0.3 is 6.03 Å². The fourth-order valence-electron chi connectivity index (χ4n) is 2.49. The molecule has 0 aliphatic carbocycles. The second kappa shape index (κ2) is 6.66. The molecule has 0 bridgehead atoms. The van der Waals surface area contributed by atoms with E-state index in [9.17, 15) is 4.79 Å². The maximum Gasteiger partial charge on any atom is 0.321 e. The molecule has 1 saturated heterocycles. The van der Waals surface area contributed by atoms with E-state index in [1.807, 2.05) is 29.2 Å². The van der Waals surface area contributed by atoms with Crippen LogP contribution in [-0.4, -0.2) is 42.1 Å². The van der Waals surface area contributed by atoms with E-state index in [1.54, 1.807) is 24.5 Å². The summed E-state index contributed by atoms with van der Waals surface area (Å²) in [5, 5.41) is 3.49. The number of aromatic nitrogens is 1. The smallest absolute Gasteiger partial charge is 0.321 e. The molecule has 1 aliphatic rings. The second-order valence-corrected chi connectivity index (χ2v) is 5.56. The van der Waals surface area contributed by atoms with Gasteiger partial charge in [-0.25, -0.2) is 4.79 Å². The molecule has 1 aromatic carbocycles. The molecule has 0 atom stereocenters. The normalized spacial score (nSPS) is 14.8. The summed E-state index contributed by atoms with van der Waals surface area (Å²) in [6.45, 7) is 3.00. The first kappa shape index (κ1) is 14.7. The average molecular weight is 317 g/mol. The standard InChI is InChI=1S/C16H17ClN4O/c17-13-2-1-3-14(12-13)19-16(22)21-10-8-20(9-11-21)15-4-6-18-7-5-15/h1-7,12H,8-11H2,(H,19,22). The summed E-state index contributed by atoms with van der Waals surface area (Å²) in [5.74, 6) is 0. The maximum absolute atomic E-state index is 12.3. The zero-order valence-electron chi connectivity index (χ0n) is 12.1. The topological polar surface area (TPSA) is 48.5 Å². The van der Waals surface area contributed by atoms with E-state index in [4.69, 9.17) is 11.6 Å². The number of urea groups is 1. The number of nitrogens with one attached hydrogen (secondary N) is 1. The lowest BCUT2D eigenvalue weighted by Gasteiger charge is -2.36. The molecule has 2 amide bonds. The van der Waals surface area contributed by atoms with E-state index >= 15 is 0 Å². The molecule has 2 aromatic rings. The van der Waals surface area contributed by atoms with Gasteiger partial charge in [0.1, 0.15) is 0 Å². The molecule has 1 aromatic heterocycles. The molecule has 0 spiro atoms. The Bertz CT molecular complexity index is 642. The summed E-state index contributed by atoms with van der Waals surface area (Å²) in [5.41, 5.74) is 1.86. The molecule has 0 radical (unpaired) electrons. The lowest BCUT2D eigenvalue weighted by molar-refractivity contribution is 0.208. The van der Waals surface area contributed by atoms with E-state index in [-0.39, 0.29) is 6.03 Å². The molecule has 1 aliphatic heterocycles. The molecule has 0 unspecified atom stereocenters. The van der Waals surface area contributed by atoms with Crippen LogP contribution in [0, 0.1) is 0 Å². The highest BCUT2D eigenvalue weighted by Crippen LogP contribution is 2.17. The first-order valence-electron chi connectivity index (χ1n) is 7.19. The summed E-state index contributed by atoms with van der Waals surface area (Å²) >= 11 is 5.92. The van der Waals surface area contributed by atoms with Crippen LogP contribution in [-0.2, 0) is 0 Å². The zero-order chi connectivity index (χ0) is 15.4. The predicted molar refractivity (Wildman–Crippen MR) is 88.5 cm³/mol. The first-order valence-corrected chi connectivity index (χ1v) is 7.56. The van der Waals surface area contributed by atoms with Gasteiger partial charge in [-0.3, -0.25) is 4.98 Å². The molecule has 5 nitrogen and oxygen atoms in total. The van der Waals surface area contributed by atoms with Crippen LogP contribution < -0.4 is 10.2 Å². The third-order valence-electron chi connectivity index (χ3n) is 3.67. The van der Waals surface area contributed by atoms with E-state index in [1.165, 1.54) is 0 Å². The van der Waals surface area contributed by atoms with Crippen molar-refractivity contribution in [3.63, 3.8) is 0 Å². The zero-order valence-corrected chi connectivity index (χ0v) is 12.8. The van der Waals surface area contributed by atoms with Crippen LogP contribution in [0.3, 0.4) is 0 Å². The number of carbonyl (C=O) groups excluding carboxylic acids is 1. The number of pyridine rings is 1. The minimum absolute atomic E-state index is 0.0864. The van der Waals surface area contributed by atoms with Crippen molar-refractivity contribution in [2.24, 2.45) is 0 Å². The molecule has 1 N–H and O–H groups in total. The van der Waals surface area contributed by atoms with Gasteiger partial charge in [-0.05, 0) is 30.3 Å². The summed E-state index contributed by atoms with van der Waals surface area (Å²) in [6.07, 6.45) is 3.57. The Morgan fingerprint density at radius 3 is 2.50 bits per heavy atom. The van der Waals surface area contributed by atoms with Gasteiger partial charge in [0.15, 0.2) is 0 Å². The predicted octanol–water partition coefficient (Wildman–Crippen LogP) is 3.09. The third-order valence-corrected chi connectivity index (χ3v) is 3.91. The molecule has 1 fully saturated rings. The van der Waals surface area contributed by atoms with Gasteiger partial charge in [0, 0.05) is 55.0 Å². The molecule has 22 heavy (non-hydrogen) atoms. The minimum Gasteiger partial charge on any atom is -0.368 e. The van der Waals surface area contributed by atoms with Crippen LogP contribution in [0.4, 0.5) is 16.2 Å². The highest BCUT2D eigenvalue weighted by molar-refractivity contribution is 6.30. The van der Waals surface area contributed by atoms with Crippen molar-refractivity contribution in [2.75, 3.05) is 36.4 Å². The Balaban J connectivity index is 1.56. The van der Waals surface area contributed by atoms with Crippen LogP contribution in [0.15, 0.2) is 48.8 Å². The number of hydrogen-bond donors (Lipinski definition) is 1. The summed E-state index contributed by atoms with van der Waals surface area (Å²) in [4.78, 5) is 20.4. The average Bonchev–Trinajstić information content (AvgIpc) is 2.56. The lowest BCUT2D eigenvalue weighted by Crippen LogP contribution is -2.50. The van der Waals surface area contributed by atoms with Crippen molar-refractivity contribution in [1.29, 1.82) is 0 Å². The summed E-state index contributed by atoms with van der Waals surface area (Å²) in [7, 11) is 0. The van der Waals surface area contributed by atoms with Crippen LogP contribution >= 0.6 is 11.6 Å². The van der Waals surface area contributed by atoms with Crippen LogP contribution in [0.2, 0.25) is 5.02 Å². The quantitative estimate of drug-likeness (QED) is 0.926.